The summed E-state index contributed by atoms with van der Waals surface area (Å²) in [6.45, 7) is 3.29. The zero-order valence-electron chi connectivity index (χ0n) is 23.2. The molecule has 0 heterocycles. The summed E-state index contributed by atoms with van der Waals surface area (Å²) >= 11 is 0. The van der Waals surface area contributed by atoms with Crippen molar-refractivity contribution >= 4 is 29.4 Å². The molecular weight excluding hydrogens is 492 g/mol. The molecule has 0 unspecified atom stereocenters. The Kier molecular flexibility index (Phi) is 12.9. The highest BCUT2D eigenvalue weighted by molar-refractivity contribution is 5.90. The van der Waals surface area contributed by atoms with Crippen LogP contribution in [0.25, 0.3) is 6.08 Å². The smallest absolute Gasteiger partial charge is 0.338 e. The average Bonchev–Trinajstić information content (AvgIpc) is 2.92. The van der Waals surface area contributed by atoms with E-state index in [9.17, 15) is 9.59 Å². The summed E-state index contributed by atoms with van der Waals surface area (Å²) in [5.41, 5.74) is 14.9. The van der Waals surface area contributed by atoms with Crippen molar-refractivity contribution in [1.82, 2.24) is 0 Å². The van der Waals surface area contributed by atoms with Gasteiger partial charge in [0.05, 0.1) is 18.3 Å². The standard InChI is InChI=1S/C32H44N2O5/c1-2-3-4-5-6-7-19-37-29-13-15-30(16-14-29)39-32(36)26-11-8-24(9-12-26)10-17-31(35)38-20-18-25-21-27(33)23-28(34)22-25/h8-12,17,21-23,29-30H,2-7,13-16,18-20,33-34H2,1H3. The Morgan fingerprint density at radius 1 is 0.846 bits per heavy atom. The van der Waals surface area contributed by atoms with Gasteiger partial charge in [-0.25, -0.2) is 9.59 Å². The van der Waals surface area contributed by atoms with Crippen LogP contribution >= 0.6 is 0 Å². The maximum Gasteiger partial charge on any atom is 0.338 e. The fourth-order valence-electron chi connectivity index (χ4n) is 4.77. The first kappa shape index (κ1) is 30.2. The predicted molar refractivity (Wildman–Crippen MR) is 156 cm³/mol. The highest BCUT2D eigenvalue weighted by Gasteiger charge is 2.24. The van der Waals surface area contributed by atoms with Crippen molar-refractivity contribution in [2.24, 2.45) is 0 Å². The Balaban J connectivity index is 1.31. The van der Waals surface area contributed by atoms with Gasteiger partial charge in [-0.1, -0.05) is 51.2 Å². The Hall–Kier alpha value is -3.32. The Bertz CT molecular complexity index is 1040. The van der Waals surface area contributed by atoms with Gasteiger partial charge in [0.2, 0.25) is 0 Å². The van der Waals surface area contributed by atoms with Gasteiger partial charge in [-0.05, 0) is 79.6 Å². The highest BCUT2D eigenvalue weighted by Crippen LogP contribution is 2.25. The summed E-state index contributed by atoms with van der Waals surface area (Å²) in [6, 6.07) is 12.3. The normalized spacial score (nSPS) is 17.3. The van der Waals surface area contributed by atoms with E-state index in [0.29, 0.717) is 23.4 Å². The first-order valence-corrected chi connectivity index (χ1v) is 14.4. The van der Waals surface area contributed by atoms with Crippen LogP contribution in [0.4, 0.5) is 11.4 Å². The first-order chi connectivity index (χ1) is 18.9. The zero-order valence-corrected chi connectivity index (χ0v) is 23.2. The van der Waals surface area contributed by atoms with Crippen LogP contribution in [0.15, 0.2) is 48.5 Å². The van der Waals surface area contributed by atoms with E-state index in [1.165, 1.54) is 38.2 Å². The molecule has 0 aliphatic heterocycles. The van der Waals surface area contributed by atoms with Crippen LogP contribution in [0.2, 0.25) is 0 Å². The van der Waals surface area contributed by atoms with E-state index in [4.69, 9.17) is 25.7 Å². The zero-order chi connectivity index (χ0) is 27.9. The Morgan fingerprint density at radius 2 is 1.49 bits per heavy atom. The van der Waals surface area contributed by atoms with Crippen molar-refractivity contribution in [1.29, 1.82) is 0 Å². The Labute approximate surface area is 232 Å². The van der Waals surface area contributed by atoms with Crippen LogP contribution in [0, 0.1) is 0 Å². The summed E-state index contributed by atoms with van der Waals surface area (Å²) in [5.74, 6) is -0.759. The SMILES string of the molecule is CCCCCCCCOC1CCC(OC(=O)c2ccc(C=CC(=O)OCCc3cc(N)cc(N)c3)cc2)CC1. The number of nitrogens with two attached hydrogens (primary N) is 2. The van der Waals surface area contributed by atoms with Crippen molar-refractivity contribution < 1.29 is 23.8 Å². The van der Waals surface area contributed by atoms with Crippen molar-refractivity contribution in [3.63, 3.8) is 0 Å². The summed E-state index contributed by atoms with van der Waals surface area (Å²) in [5, 5.41) is 0. The molecule has 0 saturated heterocycles. The van der Waals surface area contributed by atoms with Gasteiger partial charge in [0.25, 0.3) is 0 Å². The second-order valence-corrected chi connectivity index (χ2v) is 10.3. The lowest BCUT2D eigenvalue weighted by molar-refractivity contribution is -0.137. The van der Waals surface area contributed by atoms with Crippen molar-refractivity contribution in [3.8, 4) is 0 Å². The fourth-order valence-corrected chi connectivity index (χ4v) is 4.77. The van der Waals surface area contributed by atoms with Crippen LogP contribution < -0.4 is 11.5 Å². The number of carbonyl (C=O) groups excluding carboxylic acids is 2. The van der Waals surface area contributed by atoms with Gasteiger partial charge in [0.15, 0.2) is 0 Å². The minimum atomic E-state index is -0.443. The van der Waals surface area contributed by atoms with Crippen molar-refractivity contribution in [3.05, 3.63) is 65.2 Å². The lowest BCUT2D eigenvalue weighted by atomic mass is 9.95. The largest absolute Gasteiger partial charge is 0.462 e. The van der Waals surface area contributed by atoms with Gasteiger partial charge in [-0.2, -0.15) is 0 Å². The number of anilines is 2. The van der Waals surface area contributed by atoms with Crippen LogP contribution in [0.1, 0.15) is 92.6 Å². The molecule has 0 aromatic heterocycles. The molecule has 0 spiro atoms. The summed E-state index contributed by atoms with van der Waals surface area (Å²) in [6.07, 6.45) is 14.9. The lowest BCUT2D eigenvalue weighted by Gasteiger charge is -2.28. The topological polar surface area (TPSA) is 114 Å². The molecule has 0 atom stereocenters. The average molecular weight is 537 g/mol. The second kappa shape index (κ2) is 16.6. The quantitative estimate of drug-likeness (QED) is 0.116. The number of rotatable bonds is 15. The summed E-state index contributed by atoms with van der Waals surface area (Å²) in [4.78, 5) is 24.6. The molecule has 7 nitrogen and oxygen atoms in total. The number of hydrogen-bond acceptors (Lipinski definition) is 7. The monoisotopic (exact) mass is 536 g/mol. The van der Waals surface area contributed by atoms with E-state index in [1.54, 1.807) is 36.4 Å². The van der Waals surface area contributed by atoms with E-state index < -0.39 is 5.97 Å². The van der Waals surface area contributed by atoms with Crippen molar-refractivity contribution in [2.75, 3.05) is 24.7 Å². The number of esters is 2. The number of hydrogen-bond donors (Lipinski definition) is 2. The van der Waals surface area contributed by atoms with Gasteiger partial charge < -0.3 is 25.7 Å². The molecule has 0 radical (unpaired) electrons. The molecule has 2 aromatic carbocycles. The molecule has 1 saturated carbocycles. The van der Waals surface area contributed by atoms with Crippen LogP contribution in [0.3, 0.4) is 0 Å². The molecule has 0 bridgehead atoms. The molecule has 4 N–H and O–H groups in total. The van der Waals surface area contributed by atoms with Crippen molar-refractivity contribution in [2.45, 2.75) is 89.8 Å². The maximum absolute atomic E-state index is 12.6. The fraction of sp³-hybridized carbons (Fsp3) is 0.500. The number of carbonyl (C=O) groups is 2. The van der Waals surface area contributed by atoms with Gasteiger partial charge in [0.1, 0.15) is 6.10 Å². The van der Waals surface area contributed by atoms with E-state index in [1.807, 2.05) is 12.1 Å². The molecular formula is C32H44N2O5. The van der Waals surface area contributed by atoms with E-state index >= 15 is 0 Å². The number of ether oxygens (including phenoxy) is 3. The number of benzene rings is 2. The molecule has 0 amide bonds. The molecule has 3 rings (SSSR count). The van der Waals surface area contributed by atoms with Crippen LogP contribution in [-0.4, -0.2) is 37.4 Å². The molecule has 7 heteroatoms. The lowest BCUT2D eigenvalue weighted by Crippen LogP contribution is -2.28. The minimum Gasteiger partial charge on any atom is -0.462 e. The van der Waals surface area contributed by atoms with E-state index in [2.05, 4.69) is 6.92 Å². The second-order valence-electron chi connectivity index (χ2n) is 10.3. The minimum absolute atomic E-state index is 0.0653. The molecule has 1 aliphatic carbocycles. The van der Waals surface area contributed by atoms with E-state index in [-0.39, 0.29) is 24.8 Å². The van der Waals surface area contributed by atoms with Crippen LogP contribution in [0.5, 0.6) is 0 Å². The van der Waals surface area contributed by atoms with Gasteiger partial charge in [0, 0.05) is 30.5 Å². The van der Waals surface area contributed by atoms with Gasteiger partial charge >= 0.3 is 11.9 Å². The number of unbranched alkanes of at least 4 members (excludes halogenated alkanes) is 5. The number of nitrogen functional groups attached to an aromatic ring is 2. The maximum atomic E-state index is 12.6. The molecule has 1 fully saturated rings. The first-order valence-electron chi connectivity index (χ1n) is 14.4. The van der Waals surface area contributed by atoms with E-state index in [0.717, 1.165) is 49.8 Å². The predicted octanol–water partition coefficient (Wildman–Crippen LogP) is 6.50. The molecule has 212 valence electrons. The third-order valence-electron chi connectivity index (χ3n) is 6.98. The van der Waals surface area contributed by atoms with Crippen LogP contribution in [-0.2, 0) is 25.4 Å². The van der Waals surface area contributed by atoms with Gasteiger partial charge in [-0.3, -0.25) is 0 Å². The molecule has 39 heavy (non-hydrogen) atoms. The summed E-state index contributed by atoms with van der Waals surface area (Å²) < 4.78 is 17.0. The highest BCUT2D eigenvalue weighted by atomic mass is 16.5. The van der Waals surface area contributed by atoms with Gasteiger partial charge in [-0.15, -0.1) is 0 Å². The Morgan fingerprint density at radius 3 is 2.18 bits per heavy atom. The third kappa shape index (κ3) is 11.5. The molecule has 2 aromatic rings. The molecule has 1 aliphatic rings. The summed E-state index contributed by atoms with van der Waals surface area (Å²) in [7, 11) is 0. The third-order valence-corrected chi connectivity index (χ3v) is 6.98.